The highest BCUT2D eigenvalue weighted by Crippen LogP contribution is 2.46. The summed E-state index contributed by atoms with van der Waals surface area (Å²) in [5.41, 5.74) is 1.54. The molecule has 0 fully saturated rings. The minimum atomic E-state index is -0.608. The molecule has 2 aliphatic rings. The molecule has 0 aliphatic carbocycles. The highest BCUT2D eigenvalue weighted by Gasteiger charge is 2.28. The number of aliphatic hydroxyl groups excluding tert-OH is 1. The Labute approximate surface area is 92.3 Å². The number of rotatable bonds is 1. The molecule has 0 bridgehead atoms. The Morgan fingerprint density at radius 2 is 2.38 bits per heavy atom. The van der Waals surface area contributed by atoms with E-state index in [4.69, 9.17) is 14.2 Å². The van der Waals surface area contributed by atoms with Gasteiger partial charge >= 0.3 is 0 Å². The van der Waals surface area contributed by atoms with E-state index >= 15 is 0 Å². The lowest BCUT2D eigenvalue weighted by Crippen LogP contribution is -2.11. The van der Waals surface area contributed by atoms with Gasteiger partial charge in [0.1, 0.15) is 0 Å². The molecule has 0 aromatic heterocycles. The number of nitrogens with zero attached hydrogens (tertiary/aromatic N) is 1. The minimum Gasteiger partial charge on any atom is -0.492 e. The van der Waals surface area contributed by atoms with Crippen LogP contribution in [0, 0.1) is 0 Å². The van der Waals surface area contributed by atoms with Crippen LogP contribution in [0.5, 0.6) is 17.2 Å². The standard InChI is InChI=1S/C11H11NO4/c1-14-10-7-3-12-4-8(13)6(7)2-9-11(10)16-5-15-9/h2-3,8,13H,4-5H2,1H3. The summed E-state index contributed by atoms with van der Waals surface area (Å²) >= 11 is 0. The second-order valence-corrected chi connectivity index (χ2v) is 3.66. The summed E-state index contributed by atoms with van der Waals surface area (Å²) in [5, 5.41) is 9.85. The Kier molecular flexibility index (Phi) is 2.00. The molecule has 0 spiro atoms. The van der Waals surface area contributed by atoms with Gasteiger partial charge in [-0.2, -0.15) is 0 Å². The third-order valence-corrected chi connectivity index (χ3v) is 2.75. The van der Waals surface area contributed by atoms with Crippen molar-refractivity contribution in [1.29, 1.82) is 0 Å². The maximum absolute atomic E-state index is 9.85. The minimum absolute atomic E-state index is 0.182. The molecule has 1 N–H and O–H groups in total. The predicted molar refractivity (Wildman–Crippen MR) is 56.5 cm³/mol. The number of fused-ring (bicyclic) bond motifs is 2. The summed E-state index contributed by atoms with van der Waals surface area (Å²) in [5.74, 6) is 1.78. The van der Waals surface area contributed by atoms with Crippen molar-refractivity contribution in [3.05, 3.63) is 17.2 Å². The van der Waals surface area contributed by atoms with Gasteiger partial charge in [0.25, 0.3) is 0 Å². The largest absolute Gasteiger partial charge is 0.492 e. The number of hydrogen-bond acceptors (Lipinski definition) is 5. The molecule has 0 amide bonds. The molecule has 84 valence electrons. The van der Waals surface area contributed by atoms with Gasteiger partial charge in [0.2, 0.25) is 12.5 Å². The van der Waals surface area contributed by atoms with Gasteiger partial charge in [-0.15, -0.1) is 0 Å². The van der Waals surface area contributed by atoms with Crippen LogP contribution in [-0.2, 0) is 0 Å². The zero-order valence-corrected chi connectivity index (χ0v) is 8.77. The molecule has 0 radical (unpaired) electrons. The van der Waals surface area contributed by atoms with E-state index in [9.17, 15) is 5.11 Å². The molecule has 1 atom stereocenters. The van der Waals surface area contributed by atoms with Crippen molar-refractivity contribution in [2.75, 3.05) is 20.4 Å². The third-order valence-electron chi connectivity index (χ3n) is 2.75. The summed E-state index contributed by atoms with van der Waals surface area (Å²) in [4.78, 5) is 4.08. The second-order valence-electron chi connectivity index (χ2n) is 3.66. The van der Waals surface area contributed by atoms with E-state index in [0.29, 0.717) is 23.8 Å². The second kappa shape index (κ2) is 3.38. The molecule has 1 aromatic carbocycles. The molecular formula is C11H11NO4. The van der Waals surface area contributed by atoms with Crippen molar-refractivity contribution < 1.29 is 19.3 Å². The van der Waals surface area contributed by atoms with Gasteiger partial charge in [0.15, 0.2) is 11.5 Å². The maximum Gasteiger partial charge on any atom is 0.231 e. The highest BCUT2D eigenvalue weighted by atomic mass is 16.7. The Balaban J connectivity index is 2.26. The van der Waals surface area contributed by atoms with Crippen molar-refractivity contribution in [2.45, 2.75) is 6.10 Å². The van der Waals surface area contributed by atoms with Crippen molar-refractivity contribution >= 4 is 6.21 Å². The Hall–Kier alpha value is -1.75. The summed E-state index contributed by atoms with van der Waals surface area (Å²) < 4.78 is 15.9. The van der Waals surface area contributed by atoms with E-state index in [1.807, 2.05) is 0 Å². The van der Waals surface area contributed by atoms with Gasteiger partial charge in [-0.05, 0) is 11.6 Å². The normalized spacial score (nSPS) is 20.8. The monoisotopic (exact) mass is 221 g/mol. The first-order chi connectivity index (χ1) is 7.81. The van der Waals surface area contributed by atoms with Crippen LogP contribution in [0.1, 0.15) is 17.2 Å². The van der Waals surface area contributed by atoms with Gasteiger partial charge in [0, 0.05) is 11.8 Å². The van der Waals surface area contributed by atoms with Gasteiger partial charge in [0.05, 0.1) is 19.8 Å². The number of benzene rings is 1. The third kappa shape index (κ3) is 1.18. The Morgan fingerprint density at radius 1 is 1.50 bits per heavy atom. The molecule has 5 heteroatoms. The fourth-order valence-electron chi connectivity index (χ4n) is 2.00. The van der Waals surface area contributed by atoms with Gasteiger partial charge in [-0.3, -0.25) is 4.99 Å². The van der Waals surface area contributed by atoms with Crippen LogP contribution in [0.15, 0.2) is 11.1 Å². The van der Waals surface area contributed by atoms with Gasteiger partial charge in [-0.25, -0.2) is 0 Å². The predicted octanol–water partition coefficient (Wildman–Crippen LogP) is 0.890. The molecule has 0 saturated carbocycles. The number of methoxy groups -OCH3 is 1. The van der Waals surface area contributed by atoms with E-state index in [-0.39, 0.29) is 6.79 Å². The van der Waals surface area contributed by atoms with Crippen LogP contribution in [0.25, 0.3) is 0 Å². The average molecular weight is 221 g/mol. The quantitative estimate of drug-likeness (QED) is 0.765. The number of aliphatic hydroxyl groups is 1. The molecule has 3 rings (SSSR count). The number of ether oxygens (including phenoxy) is 3. The summed E-state index contributed by atoms with van der Waals surface area (Å²) in [7, 11) is 1.56. The highest BCUT2D eigenvalue weighted by molar-refractivity contribution is 5.89. The number of hydrogen-bond donors (Lipinski definition) is 1. The first-order valence-electron chi connectivity index (χ1n) is 4.99. The fourth-order valence-corrected chi connectivity index (χ4v) is 2.00. The van der Waals surface area contributed by atoms with Crippen LogP contribution in [0.4, 0.5) is 0 Å². The van der Waals surface area contributed by atoms with E-state index < -0.39 is 6.10 Å². The molecule has 1 aromatic rings. The number of aliphatic imine (C=N–C) groups is 1. The van der Waals surface area contributed by atoms with E-state index in [0.717, 1.165) is 11.1 Å². The molecule has 2 aliphatic heterocycles. The van der Waals surface area contributed by atoms with Crippen LogP contribution in [-0.4, -0.2) is 31.8 Å². The molecule has 0 saturated heterocycles. The maximum atomic E-state index is 9.85. The van der Waals surface area contributed by atoms with E-state index in [2.05, 4.69) is 4.99 Å². The van der Waals surface area contributed by atoms with Crippen LogP contribution in [0.3, 0.4) is 0 Å². The molecule has 1 unspecified atom stereocenters. The summed E-state index contributed by atoms with van der Waals surface area (Å²) in [6.45, 7) is 0.553. The van der Waals surface area contributed by atoms with E-state index in [1.165, 1.54) is 0 Å². The lowest BCUT2D eigenvalue weighted by atomic mass is 9.98. The topological polar surface area (TPSA) is 60.3 Å². The van der Waals surface area contributed by atoms with Crippen LogP contribution >= 0.6 is 0 Å². The van der Waals surface area contributed by atoms with Crippen LogP contribution in [0.2, 0.25) is 0 Å². The first-order valence-corrected chi connectivity index (χ1v) is 4.99. The lowest BCUT2D eigenvalue weighted by molar-refractivity contribution is 0.170. The first kappa shape index (κ1) is 9.47. The van der Waals surface area contributed by atoms with Gasteiger partial charge in [-0.1, -0.05) is 0 Å². The van der Waals surface area contributed by atoms with Crippen LogP contribution < -0.4 is 14.2 Å². The van der Waals surface area contributed by atoms with Crippen molar-refractivity contribution in [2.24, 2.45) is 4.99 Å². The van der Waals surface area contributed by atoms with Crippen molar-refractivity contribution in [1.82, 2.24) is 0 Å². The SMILES string of the molecule is COc1c2c(cc3c1OCO3)C(O)CN=C2. The average Bonchev–Trinajstić information content (AvgIpc) is 2.75. The lowest BCUT2D eigenvalue weighted by Gasteiger charge is -2.19. The van der Waals surface area contributed by atoms with Crippen molar-refractivity contribution in [3.8, 4) is 17.2 Å². The van der Waals surface area contributed by atoms with E-state index in [1.54, 1.807) is 19.4 Å². The summed E-state index contributed by atoms with van der Waals surface area (Å²) in [6.07, 6.45) is 1.09. The zero-order chi connectivity index (χ0) is 11.1. The Bertz CT molecular complexity index is 470. The van der Waals surface area contributed by atoms with Gasteiger partial charge < -0.3 is 19.3 Å². The summed E-state index contributed by atoms with van der Waals surface area (Å²) in [6, 6.07) is 1.79. The smallest absolute Gasteiger partial charge is 0.231 e. The Morgan fingerprint density at radius 3 is 3.19 bits per heavy atom. The molecule has 5 nitrogen and oxygen atoms in total. The van der Waals surface area contributed by atoms with Crippen molar-refractivity contribution in [3.63, 3.8) is 0 Å². The molecule has 16 heavy (non-hydrogen) atoms. The molecular weight excluding hydrogens is 210 g/mol. The fraction of sp³-hybridized carbons (Fsp3) is 0.364. The molecule has 2 heterocycles. The zero-order valence-electron chi connectivity index (χ0n) is 8.77.